The van der Waals surface area contributed by atoms with E-state index >= 15 is 0 Å². The first-order chi connectivity index (χ1) is 10.2. The van der Waals surface area contributed by atoms with Crippen LogP contribution in [0.3, 0.4) is 0 Å². The Kier molecular flexibility index (Phi) is 4.69. The smallest absolute Gasteiger partial charge is 0.122 e. The topological polar surface area (TPSA) is 38.2 Å². The second kappa shape index (κ2) is 6.52. The maximum absolute atomic E-state index is 5.31. The molecule has 2 aromatic rings. The van der Waals surface area contributed by atoms with Crippen LogP contribution in [-0.2, 0) is 30.7 Å². The molecule has 21 heavy (non-hydrogen) atoms. The van der Waals surface area contributed by atoms with Gasteiger partial charge in [0.1, 0.15) is 16.1 Å². The lowest BCUT2D eigenvalue weighted by molar-refractivity contribution is 0.119. The largest absolute Gasteiger partial charge is 0.375 e. The van der Waals surface area contributed by atoms with E-state index in [4.69, 9.17) is 9.72 Å². The SMILES string of the molecule is CO[C@H](C)c1nc(CN(C)Cc2nc3c(s2)CCC3)cs1. The Morgan fingerprint density at radius 2 is 2.19 bits per heavy atom. The molecule has 0 unspecified atom stereocenters. The van der Waals surface area contributed by atoms with Gasteiger partial charge in [-0.15, -0.1) is 22.7 Å². The summed E-state index contributed by atoms with van der Waals surface area (Å²) in [5.74, 6) is 0. The highest BCUT2D eigenvalue weighted by molar-refractivity contribution is 7.11. The van der Waals surface area contributed by atoms with Gasteiger partial charge in [-0.25, -0.2) is 9.97 Å². The molecule has 0 saturated heterocycles. The predicted molar refractivity (Wildman–Crippen MR) is 86.8 cm³/mol. The molecule has 0 bridgehead atoms. The van der Waals surface area contributed by atoms with E-state index in [2.05, 4.69) is 22.3 Å². The lowest BCUT2D eigenvalue weighted by Crippen LogP contribution is -2.17. The minimum Gasteiger partial charge on any atom is -0.375 e. The van der Waals surface area contributed by atoms with Crippen molar-refractivity contribution in [2.45, 2.75) is 45.4 Å². The molecule has 0 amide bonds. The van der Waals surface area contributed by atoms with Gasteiger partial charge in [0.05, 0.1) is 17.9 Å². The van der Waals surface area contributed by atoms with E-state index in [9.17, 15) is 0 Å². The van der Waals surface area contributed by atoms with Gasteiger partial charge in [0.15, 0.2) is 0 Å². The lowest BCUT2D eigenvalue weighted by atomic mass is 10.4. The standard InChI is InChI=1S/C15H21N3OS2/c1-10(19-3)15-16-11(9-20-15)7-18(2)8-14-17-12-5-4-6-13(12)21-14/h9-10H,4-8H2,1-3H3/t10-/m1/s1. The predicted octanol–water partition coefficient (Wildman–Crippen LogP) is 3.43. The first-order valence-electron chi connectivity index (χ1n) is 7.29. The number of hydrogen-bond acceptors (Lipinski definition) is 6. The molecule has 0 saturated carbocycles. The molecule has 2 aromatic heterocycles. The molecular formula is C15H21N3OS2. The van der Waals surface area contributed by atoms with Crippen LogP contribution in [0.5, 0.6) is 0 Å². The average Bonchev–Trinajstić information content (AvgIpc) is 3.13. The highest BCUT2D eigenvalue weighted by Crippen LogP contribution is 2.28. The molecule has 0 radical (unpaired) electrons. The summed E-state index contributed by atoms with van der Waals surface area (Å²) in [6, 6.07) is 0. The fourth-order valence-electron chi connectivity index (χ4n) is 2.56. The van der Waals surface area contributed by atoms with Crippen LogP contribution in [0.1, 0.15) is 45.7 Å². The normalized spacial score (nSPS) is 15.6. The van der Waals surface area contributed by atoms with Gasteiger partial charge < -0.3 is 4.74 Å². The maximum atomic E-state index is 5.31. The molecule has 0 fully saturated rings. The zero-order chi connectivity index (χ0) is 14.8. The summed E-state index contributed by atoms with van der Waals surface area (Å²) in [7, 11) is 3.85. The number of fused-ring (bicyclic) bond motifs is 1. The van der Waals surface area contributed by atoms with Crippen molar-refractivity contribution in [2.24, 2.45) is 0 Å². The molecule has 114 valence electrons. The highest BCUT2D eigenvalue weighted by Gasteiger charge is 2.17. The molecule has 0 aromatic carbocycles. The molecule has 1 aliphatic carbocycles. The number of ether oxygens (including phenoxy) is 1. The van der Waals surface area contributed by atoms with Crippen molar-refractivity contribution in [1.82, 2.24) is 14.9 Å². The number of aryl methyl sites for hydroxylation is 2. The van der Waals surface area contributed by atoms with Crippen molar-refractivity contribution < 1.29 is 4.74 Å². The van der Waals surface area contributed by atoms with Crippen molar-refractivity contribution >= 4 is 22.7 Å². The van der Waals surface area contributed by atoms with Crippen LogP contribution in [-0.4, -0.2) is 29.0 Å². The monoisotopic (exact) mass is 323 g/mol. The summed E-state index contributed by atoms with van der Waals surface area (Å²) in [5, 5.41) is 4.42. The van der Waals surface area contributed by atoms with Crippen molar-refractivity contribution in [3.05, 3.63) is 31.7 Å². The van der Waals surface area contributed by atoms with E-state index < -0.39 is 0 Å². The Morgan fingerprint density at radius 3 is 2.95 bits per heavy atom. The van der Waals surface area contributed by atoms with Gasteiger partial charge in [-0.05, 0) is 33.2 Å². The van der Waals surface area contributed by atoms with E-state index in [0.717, 1.165) is 23.8 Å². The van der Waals surface area contributed by atoms with Gasteiger partial charge in [0.25, 0.3) is 0 Å². The zero-order valence-corrected chi connectivity index (χ0v) is 14.4. The van der Waals surface area contributed by atoms with E-state index in [-0.39, 0.29) is 6.10 Å². The Bertz CT molecular complexity index is 586. The quantitative estimate of drug-likeness (QED) is 0.816. The summed E-state index contributed by atoms with van der Waals surface area (Å²) < 4.78 is 5.31. The van der Waals surface area contributed by atoms with Gasteiger partial charge in [-0.2, -0.15) is 0 Å². The number of rotatable bonds is 6. The van der Waals surface area contributed by atoms with Gasteiger partial charge in [-0.3, -0.25) is 4.90 Å². The Hall–Kier alpha value is -0.820. The Labute approximate surface area is 133 Å². The van der Waals surface area contributed by atoms with Gasteiger partial charge in [0, 0.05) is 23.9 Å². The van der Waals surface area contributed by atoms with Crippen LogP contribution in [0.4, 0.5) is 0 Å². The molecular weight excluding hydrogens is 302 g/mol. The van der Waals surface area contributed by atoms with Gasteiger partial charge in [-0.1, -0.05) is 0 Å². The van der Waals surface area contributed by atoms with Crippen LogP contribution in [0.15, 0.2) is 5.38 Å². The molecule has 2 heterocycles. The molecule has 0 aliphatic heterocycles. The third-order valence-electron chi connectivity index (χ3n) is 3.75. The van der Waals surface area contributed by atoms with Crippen LogP contribution in [0.2, 0.25) is 0 Å². The summed E-state index contributed by atoms with van der Waals surface area (Å²) in [6.45, 7) is 3.80. The summed E-state index contributed by atoms with van der Waals surface area (Å²) in [5.41, 5.74) is 2.46. The fourth-order valence-corrected chi connectivity index (χ4v) is 4.64. The van der Waals surface area contributed by atoms with Crippen LogP contribution >= 0.6 is 22.7 Å². The number of methoxy groups -OCH3 is 1. The number of hydrogen-bond donors (Lipinski definition) is 0. The molecule has 4 nitrogen and oxygen atoms in total. The number of aromatic nitrogens is 2. The number of nitrogens with zero attached hydrogens (tertiary/aromatic N) is 3. The molecule has 1 atom stereocenters. The van der Waals surface area contributed by atoms with E-state index in [1.54, 1.807) is 18.4 Å². The maximum Gasteiger partial charge on any atom is 0.122 e. The molecule has 1 aliphatic rings. The fraction of sp³-hybridized carbons (Fsp3) is 0.600. The summed E-state index contributed by atoms with van der Waals surface area (Å²) >= 11 is 3.56. The Balaban J connectivity index is 1.58. The van der Waals surface area contributed by atoms with Crippen molar-refractivity contribution in [1.29, 1.82) is 0 Å². The van der Waals surface area contributed by atoms with Gasteiger partial charge >= 0.3 is 0 Å². The second-order valence-electron chi connectivity index (χ2n) is 5.56. The Morgan fingerprint density at radius 1 is 1.33 bits per heavy atom. The summed E-state index contributed by atoms with van der Waals surface area (Å²) in [4.78, 5) is 13.2. The minimum atomic E-state index is 0.0796. The molecule has 0 spiro atoms. The zero-order valence-electron chi connectivity index (χ0n) is 12.8. The van der Waals surface area contributed by atoms with Crippen molar-refractivity contribution in [3.8, 4) is 0 Å². The van der Waals surface area contributed by atoms with Crippen LogP contribution in [0, 0.1) is 0 Å². The van der Waals surface area contributed by atoms with Crippen molar-refractivity contribution in [2.75, 3.05) is 14.2 Å². The third-order valence-corrected chi connectivity index (χ3v) is 5.94. The minimum absolute atomic E-state index is 0.0796. The molecule has 0 N–H and O–H groups in total. The van der Waals surface area contributed by atoms with E-state index in [1.165, 1.54) is 34.8 Å². The molecule has 3 rings (SSSR count). The van der Waals surface area contributed by atoms with Crippen molar-refractivity contribution in [3.63, 3.8) is 0 Å². The highest BCUT2D eigenvalue weighted by atomic mass is 32.1. The summed E-state index contributed by atoms with van der Waals surface area (Å²) in [6.07, 6.45) is 3.75. The van der Waals surface area contributed by atoms with Crippen LogP contribution in [0.25, 0.3) is 0 Å². The first-order valence-corrected chi connectivity index (χ1v) is 8.98. The third kappa shape index (κ3) is 3.51. The van der Waals surface area contributed by atoms with Crippen LogP contribution < -0.4 is 0 Å². The lowest BCUT2D eigenvalue weighted by Gasteiger charge is -2.13. The number of thiazole rings is 2. The second-order valence-corrected chi connectivity index (χ2v) is 7.62. The van der Waals surface area contributed by atoms with Gasteiger partial charge in [0.2, 0.25) is 0 Å². The van der Waals surface area contributed by atoms with E-state index in [1.807, 2.05) is 18.3 Å². The first kappa shape index (κ1) is 15.1. The molecule has 6 heteroatoms. The van der Waals surface area contributed by atoms with E-state index in [0.29, 0.717) is 0 Å². The average molecular weight is 323 g/mol.